The minimum Gasteiger partial charge on any atom is -0.476 e. The highest BCUT2D eigenvalue weighted by Crippen LogP contribution is 2.58. The summed E-state index contributed by atoms with van der Waals surface area (Å²) in [5.41, 5.74) is 6.10. The molecule has 0 saturated carbocycles. The Balaban J connectivity index is 1.24. The molecule has 1 aromatic carbocycles. The smallest absolute Gasteiger partial charge is 0.476 e. The monoisotopic (exact) mass is 625 g/mol. The molecule has 3 aromatic rings. The summed E-state index contributed by atoms with van der Waals surface area (Å²) < 4.78 is 55.5. The number of carbonyl (C=O) groups excluding carboxylic acids is 1. The lowest BCUT2D eigenvalue weighted by atomic mass is 9.96. The Morgan fingerprint density at radius 1 is 1.33 bits per heavy atom. The van der Waals surface area contributed by atoms with Gasteiger partial charge in [0.2, 0.25) is 11.8 Å². The van der Waals surface area contributed by atoms with Gasteiger partial charge < -0.3 is 24.7 Å². The van der Waals surface area contributed by atoms with Crippen LogP contribution in [0.3, 0.4) is 0 Å². The van der Waals surface area contributed by atoms with E-state index in [4.69, 9.17) is 38.3 Å². The second kappa shape index (κ2) is 9.98. The summed E-state index contributed by atoms with van der Waals surface area (Å²) in [4.78, 5) is 25.0. The summed E-state index contributed by atoms with van der Waals surface area (Å²) in [5.74, 6) is 0.180. The van der Waals surface area contributed by atoms with Crippen LogP contribution in [0.2, 0.25) is 0 Å². The Hall–Kier alpha value is -2.81. The van der Waals surface area contributed by atoms with Gasteiger partial charge in [-0.3, -0.25) is 18.1 Å². The molecule has 16 heteroatoms. The van der Waals surface area contributed by atoms with Crippen molar-refractivity contribution in [2.45, 2.75) is 50.4 Å². The molecule has 5 heterocycles. The van der Waals surface area contributed by atoms with Gasteiger partial charge in [0.15, 0.2) is 29.1 Å². The number of anilines is 1. The maximum atomic E-state index is 13.4. The number of phosphoric acid groups is 1. The maximum Gasteiger partial charge on any atom is 0.509 e. The quantitative estimate of drug-likeness (QED) is 0.295. The number of fused-ring (bicyclic) bond motifs is 2. The van der Waals surface area contributed by atoms with Crippen LogP contribution in [0.1, 0.15) is 38.2 Å². The highest BCUT2D eigenvalue weighted by Gasteiger charge is 2.64. The number of aromatic nitrogens is 4. The van der Waals surface area contributed by atoms with Gasteiger partial charge in [-0.2, -0.15) is 9.97 Å². The van der Waals surface area contributed by atoms with Crippen LogP contribution in [-0.4, -0.2) is 63.3 Å². The van der Waals surface area contributed by atoms with Crippen LogP contribution in [0.4, 0.5) is 10.7 Å². The first-order valence-electron chi connectivity index (χ1n) is 12.2. The fraction of sp³-hybridized carbons (Fsp3) is 0.478. The molecule has 3 aliphatic heterocycles. The van der Waals surface area contributed by atoms with Crippen molar-refractivity contribution in [1.82, 2.24) is 19.5 Å². The van der Waals surface area contributed by atoms with Crippen LogP contribution in [0.15, 0.2) is 35.1 Å². The third kappa shape index (κ3) is 4.77. The average molecular weight is 626 g/mol. The molecular formula is C23H25BrN5O9P. The third-order valence-electron chi connectivity index (χ3n) is 6.67. The molecule has 39 heavy (non-hydrogen) atoms. The van der Waals surface area contributed by atoms with Gasteiger partial charge in [-0.25, -0.2) is 14.3 Å². The summed E-state index contributed by atoms with van der Waals surface area (Å²) in [6.07, 6.45) is -2.14. The second-order valence-electron chi connectivity index (χ2n) is 9.26. The van der Waals surface area contributed by atoms with Crippen LogP contribution in [-0.2, 0) is 32.3 Å². The number of phosphoric ester groups is 1. The van der Waals surface area contributed by atoms with Crippen molar-refractivity contribution in [3.63, 3.8) is 0 Å². The molecule has 2 N–H and O–H groups in total. The summed E-state index contributed by atoms with van der Waals surface area (Å²) in [7, 11) is -3.97. The molecule has 6 rings (SSSR count). The molecule has 0 aliphatic carbocycles. The number of rotatable bonds is 7. The Bertz CT molecular complexity index is 1470. The van der Waals surface area contributed by atoms with Crippen LogP contribution < -0.4 is 10.5 Å². The molecule has 3 fully saturated rings. The van der Waals surface area contributed by atoms with Crippen molar-refractivity contribution in [3.05, 3.63) is 40.6 Å². The molecule has 6 atom stereocenters. The molecule has 2 aromatic heterocycles. The van der Waals surface area contributed by atoms with Gasteiger partial charge >= 0.3 is 14.0 Å². The maximum absolute atomic E-state index is 13.4. The van der Waals surface area contributed by atoms with Crippen molar-refractivity contribution in [1.29, 1.82) is 0 Å². The molecule has 0 amide bonds. The minimum atomic E-state index is -3.97. The number of halogens is 1. The van der Waals surface area contributed by atoms with E-state index < -0.39 is 44.1 Å². The predicted octanol–water partition coefficient (Wildman–Crippen LogP) is 4.06. The predicted molar refractivity (Wildman–Crippen MR) is 137 cm³/mol. The number of nitrogen functional groups attached to an aromatic ring is 1. The van der Waals surface area contributed by atoms with E-state index in [1.807, 2.05) is 24.3 Å². The summed E-state index contributed by atoms with van der Waals surface area (Å²) in [6.45, 7) is 3.70. The largest absolute Gasteiger partial charge is 0.509 e. The molecular weight excluding hydrogens is 601 g/mol. The standard InChI is InChI=1S/C23H25BrN5O9P/c1-3-32-19-16-18(27-21(25)28-19)29(11-26-16)20-23(2)17(36-22(30)37-23)15(35-20)10-34-39(31)33-8-7-14(38-39)12-5-4-6-13(24)9-12/h4-6,9,11,14-15,17,20H,3,7-8,10H2,1-2H3,(H2,25,27,28)/t14-,15+,17+,20+,23+,39+/m0/s1. The van der Waals surface area contributed by atoms with E-state index in [1.54, 1.807) is 18.4 Å². The van der Waals surface area contributed by atoms with Crippen molar-refractivity contribution in [2.24, 2.45) is 0 Å². The number of benzene rings is 1. The van der Waals surface area contributed by atoms with E-state index >= 15 is 0 Å². The number of imidazole rings is 1. The molecule has 0 spiro atoms. The first-order chi connectivity index (χ1) is 18.7. The number of hydrogen-bond acceptors (Lipinski definition) is 13. The van der Waals surface area contributed by atoms with Crippen molar-refractivity contribution in [3.8, 4) is 5.88 Å². The van der Waals surface area contributed by atoms with Crippen LogP contribution in [0.5, 0.6) is 5.88 Å². The number of ether oxygens (including phenoxy) is 4. The SMILES string of the molecule is CCOc1nc(N)nc2c1ncn2[C@@H]1O[C@H](CO[P@@]2(=O)OCC[C@@H](c3cccc(Br)c3)O2)[C@H]2OC(=O)O[C@]21C. The van der Waals surface area contributed by atoms with Gasteiger partial charge in [0.25, 0.3) is 0 Å². The highest BCUT2D eigenvalue weighted by atomic mass is 79.9. The van der Waals surface area contributed by atoms with E-state index in [-0.39, 0.29) is 25.0 Å². The lowest BCUT2D eigenvalue weighted by Crippen LogP contribution is -2.42. The van der Waals surface area contributed by atoms with E-state index in [1.165, 1.54) is 6.33 Å². The van der Waals surface area contributed by atoms with Gasteiger partial charge in [0.1, 0.15) is 6.10 Å². The fourth-order valence-electron chi connectivity index (χ4n) is 4.95. The molecule has 3 aliphatic rings. The van der Waals surface area contributed by atoms with Crippen molar-refractivity contribution in [2.75, 3.05) is 25.6 Å². The molecule has 0 bridgehead atoms. The number of nitrogens with two attached hydrogens (primary N) is 1. The van der Waals surface area contributed by atoms with Gasteiger partial charge in [-0.15, -0.1) is 0 Å². The van der Waals surface area contributed by atoms with E-state index in [0.29, 0.717) is 24.2 Å². The van der Waals surface area contributed by atoms with Gasteiger partial charge in [-0.1, -0.05) is 28.1 Å². The number of hydrogen-bond donors (Lipinski definition) is 1. The summed E-state index contributed by atoms with van der Waals surface area (Å²) in [5, 5.41) is 0. The Morgan fingerprint density at radius 3 is 2.97 bits per heavy atom. The normalized spacial score (nSPS) is 32.1. The fourth-order valence-corrected chi connectivity index (χ4v) is 6.76. The van der Waals surface area contributed by atoms with Crippen LogP contribution >= 0.6 is 23.8 Å². The molecule has 0 radical (unpaired) electrons. The van der Waals surface area contributed by atoms with Crippen molar-refractivity contribution < 1.29 is 41.9 Å². The summed E-state index contributed by atoms with van der Waals surface area (Å²) >= 11 is 3.44. The van der Waals surface area contributed by atoms with Crippen molar-refractivity contribution >= 4 is 47.0 Å². The van der Waals surface area contributed by atoms with E-state index in [0.717, 1.165) is 10.0 Å². The second-order valence-corrected chi connectivity index (χ2v) is 11.8. The van der Waals surface area contributed by atoms with Gasteiger partial charge in [0.05, 0.1) is 32.3 Å². The van der Waals surface area contributed by atoms with E-state index in [9.17, 15) is 9.36 Å². The topological polar surface area (TPSA) is 168 Å². The Labute approximate surface area is 230 Å². The van der Waals surface area contributed by atoms with Gasteiger partial charge in [-0.05, 0) is 31.5 Å². The highest BCUT2D eigenvalue weighted by molar-refractivity contribution is 9.10. The van der Waals surface area contributed by atoms with Gasteiger partial charge in [0, 0.05) is 10.9 Å². The molecule has 0 unspecified atom stereocenters. The Morgan fingerprint density at radius 2 is 2.18 bits per heavy atom. The lowest BCUT2D eigenvalue weighted by molar-refractivity contribution is -0.0925. The molecule has 14 nitrogen and oxygen atoms in total. The first-order valence-corrected chi connectivity index (χ1v) is 14.5. The number of carbonyl (C=O) groups is 1. The Kier molecular flexibility index (Phi) is 6.76. The zero-order chi connectivity index (χ0) is 27.4. The molecule has 208 valence electrons. The third-order valence-corrected chi connectivity index (χ3v) is 8.64. The zero-order valence-corrected chi connectivity index (χ0v) is 23.4. The minimum absolute atomic E-state index is 0.0309. The lowest BCUT2D eigenvalue weighted by Gasteiger charge is -2.30. The van der Waals surface area contributed by atoms with Crippen LogP contribution in [0, 0.1) is 0 Å². The zero-order valence-electron chi connectivity index (χ0n) is 20.9. The first kappa shape index (κ1) is 26.4. The summed E-state index contributed by atoms with van der Waals surface area (Å²) in [6, 6.07) is 7.51. The average Bonchev–Trinajstić information content (AvgIpc) is 3.52. The number of nitrogens with zero attached hydrogens (tertiary/aromatic N) is 4. The van der Waals surface area contributed by atoms with E-state index in [2.05, 4.69) is 30.9 Å². The van der Waals surface area contributed by atoms with Crippen LogP contribution in [0.25, 0.3) is 11.2 Å². The molecule has 3 saturated heterocycles.